The molecule has 0 saturated carbocycles. The Morgan fingerprint density at radius 2 is 2.05 bits per heavy atom. The second kappa shape index (κ2) is 6.12. The third-order valence-corrected chi connectivity index (χ3v) is 4.41. The van der Waals surface area contributed by atoms with Crippen molar-refractivity contribution in [3.05, 3.63) is 33.8 Å². The number of amides is 1. The van der Waals surface area contributed by atoms with E-state index in [9.17, 15) is 4.79 Å². The molecule has 0 aromatic heterocycles. The summed E-state index contributed by atoms with van der Waals surface area (Å²) in [5.74, 6) is 0.471. The first-order valence-electron chi connectivity index (χ1n) is 6.45. The molecule has 1 fully saturated rings. The lowest BCUT2D eigenvalue weighted by Gasteiger charge is -2.22. The van der Waals surface area contributed by atoms with Crippen molar-refractivity contribution in [1.82, 2.24) is 4.90 Å². The van der Waals surface area contributed by atoms with Gasteiger partial charge in [-0.25, -0.2) is 0 Å². The maximum absolute atomic E-state index is 12.4. The summed E-state index contributed by atoms with van der Waals surface area (Å²) in [7, 11) is 0. The largest absolute Gasteiger partial charge is 0.339 e. The van der Waals surface area contributed by atoms with Gasteiger partial charge in [-0.3, -0.25) is 4.79 Å². The summed E-state index contributed by atoms with van der Waals surface area (Å²) >= 11 is 12.2. The summed E-state index contributed by atoms with van der Waals surface area (Å²) < 4.78 is 0. The Hall–Kier alpha value is -0.770. The van der Waals surface area contributed by atoms with E-state index in [-0.39, 0.29) is 18.4 Å². The van der Waals surface area contributed by atoms with Crippen molar-refractivity contribution in [3.8, 4) is 0 Å². The zero-order valence-electron chi connectivity index (χ0n) is 10.9. The summed E-state index contributed by atoms with van der Waals surface area (Å²) in [6.07, 6.45) is 1.22. The highest BCUT2D eigenvalue weighted by atomic mass is 35.5. The van der Waals surface area contributed by atoms with Gasteiger partial charge in [0, 0.05) is 22.6 Å². The Kier molecular flexibility index (Phi) is 4.71. The predicted molar refractivity (Wildman–Crippen MR) is 78.5 cm³/mol. The lowest BCUT2D eigenvalue weighted by molar-refractivity contribution is -0.131. The first kappa shape index (κ1) is 14.6. The first-order chi connectivity index (χ1) is 9.02. The van der Waals surface area contributed by atoms with E-state index in [1.807, 2.05) is 4.90 Å². The molecule has 3 nitrogen and oxygen atoms in total. The summed E-state index contributed by atoms with van der Waals surface area (Å²) in [5.41, 5.74) is 6.39. The Labute approximate surface area is 123 Å². The normalized spacial score (nSPS) is 22.8. The van der Waals surface area contributed by atoms with Crippen LogP contribution in [0.1, 0.15) is 18.9 Å². The van der Waals surface area contributed by atoms with Crippen molar-refractivity contribution in [1.29, 1.82) is 0 Å². The molecule has 0 spiro atoms. The summed E-state index contributed by atoms with van der Waals surface area (Å²) in [4.78, 5) is 14.2. The maximum Gasteiger partial charge on any atom is 0.227 e. The predicted octanol–water partition coefficient (Wildman–Crippen LogP) is 2.73. The molecule has 2 atom stereocenters. The second-order valence-corrected chi connectivity index (χ2v) is 5.92. The number of carbonyl (C=O) groups excluding carboxylic acids is 1. The molecule has 1 saturated heterocycles. The summed E-state index contributed by atoms with van der Waals surface area (Å²) in [5, 5.41) is 1.09. The number of halogens is 2. The van der Waals surface area contributed by atoms with Crippen molar-refractivity contribution in [2.24, 2.45) is 11.7 Å². The molecule has 1 aliphatic heterocycles. The second-order valence-electron chi connectivity index (χ2n) is 5.11. The van der Waals surface area contributed by atoms with Crippen molar-refractivity contribution in [2.75, 3.05) is 13.1 Å². The van der Waals surface area contributed by atoms with E-state index in [2.05, 4.69) is 6.92 Å². The molecule has 1 aromatic rings. The van der Waals surface area contributed by atoms with Crippen molar-refractivity contribution < 1.29 is 4.79 Å². The molecule has 1 aliphatic rings. The summed E-state index contributed by atoms with van der Waals surface area (Å²) in [6.45, 7) is 3.42. The lowest BCUT2D eigenvalue weighted by Crippen LogP contribution is -2.35. The fraction of sp³-hybridized carbons (Fsp3) is 0.500. The number of nitrogens with zero attached hydrogens (tertiary/aromatic N) is 1. The molecular formula is C14H18Cl2N2O. The van der Waals surface area contributed by atoms with Crippen LogP contribution in [0.4, 0.5) is 0 Å². The minimum absolute atomic E-state index is 0.0680. The molecule has 2 rings (SSSR count). The van der Waals surface area contributed by atoms with Gasteiger partial charge in [-0.05, 0) is 43.5 Å². The Balaban J connectivity index is 2.09. The van der Waals surface area contributed by atoms with E-state index < -0.39 is 0 Å². The molecule has 1 aromatic carbocycles. The standard InChI is InChI=1S/C14H18Cl2N2O/c1-9-5-10(7-17)8-18(9)14(19)6-11-12(15)3-2-4-13(11)16/h2-4,9-10H,5-8,17H2,1H3. The number of nitrogens with two attached hydrogens (primary N) is 1. The van der Waals surface area contributed by atoms with Crippen LogP contribution in [0, 0.1) is 5.92 Å². The van der Waals surface area contributed by atoms with Gasteiger partial charge in [0.2, 0.25) is 5.91 Å². The van der Waals surface area contributed by atoms with Crippen LogP contribution >= 0.6 is 23.2 Å². The fourth-order valence-corrected chi connectivity index (χ4v) is 3.15. The van der Waals surface area contributed by atoms with Crippen molar-refractivity contribution in [3.63, 3.8) is 0 Å². The minimum atomic E-state index is 0.0680. The van der Waals surface area contributed by atoms with Gasteiger partial charge in [-0.2, -0.15) is 0 Å². The number of benzene rings is 1. The maximum atomic E-state index is 12.4. The van der Waals surface area contributed by atoms with Crippen molar-refractivity contribution in [2.45, 2.75) is 25.8 Å². The van der Waals surface area contributed by atoms with Crippen LogP contribution in [-0.2, 0) is 11.2 Å². The SMILES string of the molecule is CC1CC(CN)CN1C(=O)Cc1c(Cl)cccc1Cl. The van der Waals surface area contributed by atoms with Gasteiger partial charge in [-0.1, -0.05) is 29.3 Å². The molecule has 1 amide bonds. The smallest absolute Gasteiger partial charge is 0.227 e. The minimum Gasteiger partial charge on any atom is -0.339 e. The number of hydrogen-bond donors (Lipinski definition) is 1. The Bertz CT molecular complexity index is 458. The van der Waals surface area contributed by atoms with Gasteiger partial charge >= 0.3 is 0 Å². The molecule has 1 heterocycles. The highest BCUT2D eigenvalue weighted by Crippen LogP contribution is 2.27. The third kappa shape index (κ3) is 3.22. The van der Waals surface area contributed by atoms with E-state index in [1.54, 1.807) is 18.2 Å². The Morgan fingerprint density at radius 3 is 2.58 bits per heavy atom. The van der Waals surface area contributed by atoms with Crippen molar-refractivity contribution >= 4 is 29.1 Å². The highest BCUT2D eigenvalue weighted by molar-refractivity contribution is 6.36. The van der Waals surface area contributed by atoms with E-state index in [4.69, 9.17) is 28.9 Å². The lowest BCUT2D eigenvalue weighted by atomic mass is 10.1. The van der Waals surface area contributed by atoms with Crippen LogP contribution in [0.25, 0.3) is 0 Å². The molecule has 0 bridgehead atoms. The van der Waals surface area contributed by atoms with Crippen LogP contribution in [0.3, 0.4) is 0 Å². The van der Waals surface area contributed by atoms with Gasteiger partial charge in [0.05, 0.1) is 6.42 Å². The molecule has 2 N–H and O–H groups in total. The molecule has 2 unspecified atom stereocenters. The molecular weight excluding hydrogens is 283 g/mol. The van der Waals surface area contributed by atoms with Crippen LogP contribution in [0.5, 0.6) is 0 Å². The van der Waals surface area contributed by atoms with Crippen LogP contribution in [0.2, 0.25) is 10.0 Å². The van der Waals surface area contributed by atoms with Crippen LogP contribution in [0.15, 0.2) is 18.2 Å². The number of hydrogen-bond acceptors (Lipinski definition) is 2. The van der Waals surface area contributed by atoms with E-state index in [0.29, 0.717) is 28.1 Å². The zero-order valence-corrected chi connectivity index (χ0v) is 12.4. The number of likely N-dealkylation sites (tertiary alicyclic amines) is 1. The monoisotopic (exact) mass is 300 g/mol. The van der Waals surface area contributed by atoms with Gasteiger partial charge in [0.1, 0.15) is 0 Å². The Morgan fingerprint density at radius 1 is 1.42 bits per heavy atom. The quantitative estimate of drug-likeness (QED) is 0.933. The van der Waals surface area contributed by atoms with Gasteiger partial charge in [-0.15, -0.1) is 0 Å². The van der Waals surface area contributed by atoms with Gasteiger partial charge < -0.3 is 10.6 Å². The molecule has 104 valence electrons. The average molecular weight is 301 g/mol. The van der Waals surface area contributed by atoms with Gasteiger partial charge in [0.15, 0.2) is 0 Å². The molecule has 19 heavy (non-hydrogen) atoms. The number of carbonyl (C=O) groups is 1. The topological polar surface area (TPSA) is 46.3 Å². The van der Waals surface area contributed by atoms with E-state index >= 15 is 0 Å². The van der Waals surface area contributed by atoms with E-state index in [1.165, 1.54) is 0 Å². The highest BCUT2D eigenvalue weighted by Gasteiger charge is 2.31. The van der Waals surface area contributed by atoms with E-state index in [0.717, 1.165) is 13.0 Å². The fourth-order valence-electron chi connectivity index (χ4n) is 2.61. The summed E-state index contributed by atoms with van der Waals surface area (Å²) in [6, 6.07) is 5.53. The average Bonchev–Trinajstić information content (AvgIpc) is 2.75. The van der Waals surface area contributed by atoms with Gasteiger partial charge in [0.25, 0.3) is 0 Å². The van der Waals surface area contributed by atoms with Crippen LogP contribution in [-0.4, -0.2) is 29.9 Å². The molecule has 0 aliphatic carbocycles. The third-order valence-electron chi connectivity index (χ3n) is 3.70. The molecule has 5 heteroatoms. The first-order valence-corrected chi connectivity index (χ1v) is 7.21. The van der Waals surface area contributed by atoms with Crippen LogP contribution < -0.4 is 5.73 Å². The zero-order chi connectivity index (χ0) is 14.0. The molecule has 0 radical (unpaired) electrons. The number of rotatable bonds is 3.